The van der Waals surface area contributed by atoms with Crippen molar-refractivity contribution in [3.63, 3.8) is 0 Å². The van der Waals surface area contributed by atoms with Crippen molar-refractivity contribution in [3.05, 3.63) is 59.7 Å². The second-order valence-corrected chi connectivity index (χ2v) is 7.31. The van der Waals surface area contributed by atoms with Crippen LogP contribution >= 0.6 is 0 Å². The van der Waals surface area contributed by atoms with Gasteiger partial charge in [-0.3, -0.25) is 4.79 Å². The first kappa shape index (κ1) is 16.4. The number of halogens is 2. The molecule has 0 aliphatic carbocycles. The Hall–Kier alpha value is -2.48. The Bertz CT molecular complexity index is 899. The first-order valence-corrected chi connectivity index (χ1v) is 8.71. The number of nitrogens with one attached hydrogen (secondary N) is 1. The third kappa shape index (κ3) is 3.23. The van der Waals surface area contributed by atoms with Crippen LogP contribution in [0.2, 0.25) is 0 Å². The molecule has 2 aromatic rings. The zero-order valence-corrected chi connectivity index (χ0v) is 13.1. The van der Waals surface area contributed by atoms with Gasteiger partial charge in [0.15, 0.2) is 28.0 Å². The highest BCUT2D eigenvalue weighted by molar-refractivity contribution is 7.91. The molecule has 8 heteroatoms. The van der Waals surface area contributed by atoms with Gasteiger partial charge in [0.2, 0.25) is 0 Å². The van der Waals surface area contributed by atoms with Crippen LogP contribution in [0, 0.1) is 11.6 Å². The first-order chi connectivity index (χ1) is 11.4. The van der Waals surface area contributed by atoms with Gasteiger partial charge in [-0.2, -0.15) is 0 Å². The average Bonchev–Trinajstić information content (AvgIpc) is 2.79. The molecule has 1 N–H and O–H groups in total. The van der Waals surface area contributed by atoms with Crippen LogP contribution in [0.4, 0.5) is 8.78 Å². The second-order valence-electron chi connectivity index (χ2n) is 5.30. The average molecular weight is 353 g/mol. The molecule has 5 nitrogen and oxygen atoms in total. The predicted octanol–water partition coefficient (Wildman–Crippen LogP) is 1.99. The lowest BCUT2D eigenvalue weighted by Gasteiger charge is -2.13. The smallest absolute Gasteiger partial charge is 0.258 e. The van der Waals surface area contributed by atoms with E-state index in [0.29, 0.717) is 5.56 Å². The fraction of sp³-hybridized carbons (Fsp3) is 0.188. The Labute approximate surface area is 137 Å². The SMILES string of the molecule is O=C(COc1cc(F)ccc1F)NC1CS(=O)(=O)c2ccccc21. The molecule has 1 heterocycles. The van der Waals surface area contributed by atoms with Crippen molar-refractivity contribution in [2.45, 2.75) is 10.9 Å². The minimum Gasteiger partial charge on any atom is -0.481 e. The molecule has 24 heavy (non-hydrogen) atoms. The summed E-state index contributed by atoms with van der Waals surface area (Å²) < 4.78 is 55.5. The molecule has 1 atom stereocenters. The Balaban J connectivity index is 1.67. The highest BCUT2D eigenvalue weighted by Gasteiger charge is 2.35. The maximum absolute atomic E-state index is 13.4. The molecule has 1 aliphatic rings. The van der Waals surface area contributed by atoms with E-state index in [1.54, 1.807) is 18.2 Å². The fourth-order valence-electron chi connectivity index (χ4n) is 2.54. The summed E-state index contributed by atoms with van der Waals surface area (Å²) in [4.78, 5) is 12.1. The van der Waals surface area contributed by atoms with Gasteiger partial charge >= 0.3 is 0 Å². The number of amides is 1. The molecule has 1 aliphatic heterocycles. The van der Waals surface area contributed by atoms with E-state index in [2.05, 4.69) is 5.32 Å². The van der Waals surface area contributed by atoms with Gasteiger partial charge in [0.25, 0.3) is 5.91 Å². The van der Waals surface area contributed by atoms with Gasteiger partial charge in [0.1, 0.15) is 5.82 Å². The van der Waals surface area contributed by atoms with Gasteiger partial charge in [0.05, 0.1) is 16.7 Å². The highest BCUT2D eigenvalue weighted by Crippen LogP contribution is 2.32. The van der Waals surface area contributed by atoms with E-state index in [1.165, 1.54) is 6.07 Å². The molecule has 0 bridgehead atoms. The third-order valence-corrected chi connectivity index (χ3v) is 5.42. The zero-order chi connectivity index (χ0) is 17.3. The third-order valence-electron chi connectivity index (χ3n) is 3.60. The van der Waals surface area contributed by atoms with Crippen LogP contribution in [0.1, 0.15) is 11.6 Å². The molecule has 2 aromatic carbocycles. The molecule has 0 saturated carbocycles. The maximum Gasteiger partial charge on any atom is 0.258 e. The topological polar surface area (TPSA) is 72.5 Å². The van der Waals surface area contributed by atoms with E-state index >= 15 is 0 Å². The Kier molecular flexibility index (Phi) is 4.23. The molecule has 126 valence electrons. The van der Waals surface area contributed by atoms with Crippen LogP contribution in [-0.4, -0.2) is 26.7 Å². The normalized spacial score (nSPS) is 18.0. The number of carbonyl (C=O) groups excluding carboxylic acids is 1. The summed E-state index contributed by atoms with van der Waals surface area (Å²) in [7, 11) is -3.44. The monoisotopic (exact) mass is 353 g/mol. The number of rotatable bonds is 4. The molecule has 1 unspecified atom stereocenters. The molecule has 0 saturated heterocycles. The number of carbonyl (C=O) groups is 1. The highest BCUT2D eigenvalue weighted by atomic mass is 32.2. The molecule has 0 fully saturated rings. The van der Waals surface area contributed by atoms with Crippen LogP contribution in [0.25, 0.3) is 0 Å². The minimum atomic E-state index is -3.44. The molecule has 0 aromatic heterocycles. The molecule has 0 radical (unpaired) electrons. The minimum absolute atomic E-state index is 0.187. The Morgan fingerprint density at radius 1 is 1.21 bits per heavy atom. The summed E-state index contributed by atoms with van der Waals surface area (Å²) in [5, 5.41) is 2.54. The lowest BCUT2D eigenvalue weighted by Crippen LogP contribution is -2.33. The summed E-state index contributed by atoms with van der Waals surface area (Å²) >= 11 is 0. The van der Waals surface area contributed by atoms with Crippen LogP contribution in [0.5, 0.6) is 5.75 Å². The predicted molar refractivity (Wildman–Crippen MR) is 81.2 cm³/mol. The Morgan fingerprint density at radius 3 is 2.75 bits per heavy atom. The number of hydrogen-bond acceptors (Lipinski definition) is 4. The lowest BCUT2D eigenvalue weighted by molar-refractivity contribution is -0.123. The van der Waals surface area contributed by atoms with E-state index in [0.717, 1.165) is 18.2 Å². The van der Waals surface area contributed by atoms with Crippen molar-refractivity contribution in [2.24, 2.45) is 0 Å². The van der Waals surface area contributed by atoms with Crippen LogP contribution in [0.15, 0.2) is 47.4 Å². The number of hydrogen-bond donors (Lipinski definition) is 1. The molecular weight excluding hydrogens is 340 g/mol. The number of fused-ring (bicyclic) bond motifs is 1. The van der Waals surface area contributed by atoms with E-state index in [4.69, 9.17) is 4.74 Å². The van der Waals surface area contributed by atoms with Crippen molar-refractivity contribution in [1.82, 2.24) is 5.32 Å². The van der Waals surface area contributed by atoms with E-state index < -0.39 is 40.0 Å². The van der Waals surface area contributed by atoms with Gasteiger partial charge in [-0.15, -0.1) is 0 Å². The number of sulfone groups is 1. The van der Waals surface area contributed by atoms with E-state index in [9.17, 15) is 22.0 Å². The van der Waals surface area contributed by atoms with E-state index in [-0.39, 0.29) is 16.4 Å². The summed E-state index contributed by atoms with van der Waals surface area (Å²) in [5.41, 5.74) is 0.503. The van der Waals surface area contributed by atoms with Crippen molar-refractivity contribution in [1.29, 1.82) is 0 Å². The van der Waals surface area contributed by atoms with Gasteiger partial charge in [-0.05, 0) is 23.8 Å². The first-order valence-electron chi connectivity index (χ1n) is 7.06. The molecule has 3 rings (SSSR count). The zero-order valence-electron chi connectivity index (χ0n) is 12.3. The maximum atomic E-state index is 13.4. The lowest BCUT2D eigenvalue weighted by atomic mass is 10.1. The molecule has 0 spiro atoms. The summed E-state index contributed by atoms with van der Waals surface area (Å²) in [6.45, 7) is -0.556. The van der Waals surface area contributed by atoms with Crippen LogP contribution in [0.3, 0.4) is 0 Å². The fourth-order valence-corrected chi connectivity index (χ4v) is 4.27. The van der Waals surface area contributed by atoms with Gasteiger partial charge in [-0.25, -0.2) is 17.2 Å². The van der Waals surface area contributed by atoms with Crippen molar-refractivity contribution in [3.8, 4) is 5.75 Å². The van der Waals surface area contributed by atoms with Crippen molar-refractivity contribution >= 4 is 15.7 Å². The van der Waals surface area contributed by atoms with Crippen molar-refractivity contribution < 1.29 is 26.7 Å². The second kappa shape index (κ2) is 6.20. The largest absolute Gasteiger partial charge is 0.481 e. The van der Waals surface area contributed by atoms with Crippen LogP contribution in [-0.2, 0) is 14.6 Å². The van der Waals surface area contributed by atoms with Gasteiger partial charge in [-0.1, -0.05) is 18.2 Å². The summed E-state index contributed by atoms with van der Waals surface area (Å²) in [6, 6.07) is 8.35. The molecular formula is C16H13F2NO4S. The number of benzene rings is 2. The van der Waals surface area contributed by atoms with Gasteiger partial charge in [0, 0.05) is 6.07 Å². The van der Waals surface area contributed by atoms with E-state index in [1.807, 2.05) is 0 Å². The summed E-state index contributed by atoms with van der Waals surface area (Å²) in [5.74, 6) is -2.74. The summed E-state index contributed by atoms with van der Waals surface area (Å²) in [6.07, 6.45) is 0. The quantitative estimate of drug-likeness (QED) is 0.912. The van der Waals surface area contributed by atoms with Crippen LogP contribution < -0.4 is 10.1 Å². The number of ether oxygens (including phenoxy) is 1. The molecule has 1 amide bonds. The Morgan fingerprint density at radius 2 is 1.96 bits per heavy atom. The standard InChI is InChI=1S/C16H13F2NO4S/c17-10-5-6-12(18)14(7-10)23-8-16(20)19-13-9-24(21,22)15-4-2-1-3-11(13)15/h1-7,13H,8-9H2,(H,19,20). The van der Waals surface area contributed by atoms with Crippen molar-refractivity contribution in [2.75, 3.05) is 12.4 Å². The van der Waals surface area contributed by atoms with Gasteiger partial charge < -0.3 is 10.1 Å².